The summed E-state index contributed by atoms with van der Waals surface area (Å²) in [7, 11) is 0. The van der Waals surface area contributed by atoms with Gasteiger partial charge in [-0.1, -0.05) is 18.2 Å². The van der Waals surface area contributed by atoms with E-state index in [9.17, 15) is 4.79 Å². The minimum Gasteiger partial charge on any atom is -0.384 e. The molecule has 2 heterocycles. The zero-order valence-electron chi connectivity index (χ0n) is 13.8. The number of aromatic nitrogens is 3. The van der Waals surface area contributed by atoms with Crippen LogP contribution in [0.3, 0.4) is 0 Å². The number of primary amides is 1. The van der Waals surface area contributed by atoms with Gasteiger partial charge in [-0.2, -0.15) is 0 Å². The van der Waals surface area contributed by atoms with E-state index in [2.05, 4.69) is 15.0 Å². The molecule has 0 saturated carbocycles. The third-order valence-corrected chi connectivity index (χ3v) is 4.20. The molecule has 2 aromatic heterocycles. The summed E-state index contributed by atoms with van der Waals surface area (Å²) in [5, 5.41) is 0.911. The van der Waals surface area contributed by atoms with Crippen LogP contribution in [-0.2, 0) is 0 Å². The molecule has 0 aliphatic rings. The Balaban J connectivity index is 1.85. The molecule has 126 valence electrons. The van der Waals surface area contributed by atoms with Crippen molar-refractivity contribution in [1.82, 2.24) is 15.0 Å². The summed E-state index contributed by atoms with van der Waals surface area (Å²) in [6.45, 7) is 0. The van der Waals surface area contributed by atoms with Crippen LogP contribution in [0.15, 0.2) is 67.1 Å². The Morgan fingerprint density at radius 2 is 1.54 bits per heavy atom. The monoisotopic (exact) mass is 341 g/mol. The van der Waals surface area contributed by atoms with E-state index in [0.29, 0.717) is 11.4 Å². The summed E-state index contributed by atoms with van der Waals surface area (Å²) >= 11 is 0. The zero-order valence-corrected chi connectivity index (χ0v) is 13.8. The number of nitrogen functional groups attached to an aromatic ring is 1. The van der Waals surface area contributed by atoms with Crippen molar-refractivity contribution in [2.24, 2.45) is 5.73 Å². The number of nitrogens with zero attached hydrogens (tertiary/aromatic N) is 3. The highest BCUT2D eigenvalue weighted by atomic mass is 16.1. The number of carbonyl (C=O) groups excluding carboxylic acids is 1. The van der Waals surface area contributed by atoms with Crippen molar-refractivity contribution in [2.75, 3.05) is 5.73 Å². The highest BCUT2D eigenvalue weighted by Gasteiger charge is 2.09. The average molecular weight is 341 g/mol. The molecule has 0 fully saturated rings. The van der Waals surface area contributed by atoms with Crippen LogP contribution in [0, 0.1) is 0 Å². The molecule has 2 aromatic carbocycles. The third-order valence-electron chi connectivity index (χ3n) is 4.20. The van der Waals surface area contributed by atoms with Gasteiger partial charge in [0.2, 0.25) is 5.91 Å². The maximum atomic E-state index is 11.3. The van der Waals surface area contributed by atoms with Crippen LogP contribution in [0.25, 0.3) is 33.3 Å². The molecular formula is C20H15N5O. The van der Waals surface area contributed by atoms with Crippen LogP contribution in [0.2, 0.25) is 0 Å². The van der Waals surface area contributed by atoms with E-state index < -0.39 is 5.91 Å². The highest BCUT2D eigenvalue weighted by molar-refractivity contribution is 5.96. The number of carbonyl (C=O) groups is 1. The molecule has 0 spiro atoms. The highest BCUT2D eigenvalue weighted by Crippen LogP contribution is 2.29. The molecule has 0 radical (unpaired) electrons. The van der Waals surface area contributed by atoms with Crippen LogP contribution >= 0.6 is 0 Å². The predicted octanol–water partition coefficient (Wildman–Crippen LogP) is 3.04. The maximum Gasteiger partial charge on any atom is 0.248 e. The van der Waals surface area contributed by atoms with E-state index in [-0.39, 0.29) is 0 Å². The Hall–Kier alpha value is -3.80. The smallest absolute Gasteiger partial charge is 0.248 e. The first-order chi connectivity index (χ1) is 12.6. The topological polar surface area (TPSA) is 108 Å². The number of hydrogen-bond donors (Lipinski definition) is 2. The second-order valence-corrected chi connectivity index (χ2v) is 5.87. The third kappa shape index (κ3) is 2.84. The van der Waals surface area contributed by atoms with Gasteiger partial charge in [-0.3, -0.25) is 4.79 Å². The van der Waals surface area contributed by atoms with Gasteiger partial charge in [0.05, 0.1) is 11.2 Å². The number of fused-ring (bicyclic) bond motifs is 1. The van der Waals surface area contributed by atoms with Gasteiger partial charge in [0.15, 0.2) is 0 Å². The van der Waals surface area contributed by atoms with Gasteiger partial charge >= 0.3 is 0 Å². The van der Waals surface area contributed by atoms with E-state index in [0.717, 1.165) is 33.3 Å². The molecule has 1 amide bonds. The summed E-state index contributed by atoms with van der Waals surface area (Å²) in [6.07, 6.45) is 3.27. The van der Waals surface area contributed by atoms with Gasteiger partial charge < -0.3 is 11.5 Å². The zero-order chi connectivity index (χ0) is 18.1. The largest absolute Gasteiger partial charge is 0.384 e. The van der Waals surface area contributed by atoms with Crippen molar-refractivity contribution in [3.8, 4) is 22.4 Å². The first-order valence-corrected chi connectivity index (χ1v) is 7.99. The first-order valence-electron chi connectivity index (χ1n) is 7.99. The van der Waals surface area contributed by atoms with Crippen LogP contribution in [0.4, 0.5) is 5.82 Å². The summed E-state index contributed by atoms with van der Waals surface area (Å²) in [6, 6.07) is 16.7. The van der Waals surface area contributed by atoms with Crippen molar-refractivity contribution in [3.05, 3.63) is 72.7 Å². The van der Waals surface area contributed by atoms with E-state index >= 15 is 0 Å². The molecule has 4 rings (SSSR count). The van der Waals surface area contributed by atoms with E-state index in [1.807, 2.05) is 36.4 Å². The minimum absolute atomic E-state index is 0.456. The molecule has 4 aromatic rings. The van der Waals surface area contributed by atoms with Crippen molar-refractivity contribution >= 4 is 22.6 Å². The second-order valence-electron chi connectivity index (χ2n) is 5.87. The maximum absolute atomic E-state index is 11.3. The molecule has 4 N–H and O–H groups in total. The molecule has 0 aliphatic carbocycles. The lowest BCUT2D eigenvalue weighted by Crippen LogP contribution is -2.10. The number of amides is 1. The van der Waals surface area contributed by atoms with Crippen LogP contribution in [-0.4, -0.2) is 20.9 Å². The van der Waals surface area contributed by atoms with Gasteiger partial charge in [0, 0.05) is 28.3 Å². The molecule has 0 unspecified atom stereocenters. The van der Waals surface area contributed by atoms with E-state index in [4.69, 9.17) is 11.5 Å². The fraction of sp³-hybridized carbons (Fsp3) is 0. The average Bonchev–Trinajstić information content (AvgIpc) is 2.68. The Morgan fingerprint density at radius 1 is 0.808 bits per heavy atom. The molecule has 0 saturated heterocycles. The fourth-order valence-corrected chi connectivity index (χ4v) is 2.83. The molecule has 6 heteroatoms. The van der Waals surface area contributed by atoms with E-state index in [1.165, 1.54) is 6.33 Å². The Bertz CT molecular complexity index is 1110. The summed E-state index contributed by atoms with van der Waals surface area (Å²) in [5.41, 5.74) is 15.9. The van der Waals surface area contributed by atoms with Crippen LogP contribution < -0.4 is 11.5 Å². The second kappa shape index (κ2) is 6.25. The molecular weight excluding hydrogens is 326 g/mol. The standard InChI is InChI=1S/C20H15N5O/c21-18-8-6-15(10-23-18)14-5-7-17-16(9-14)19(25-11-24-17)12-1-3-13(4-2-12)20(22)26/h1-11H,(H2,21,23)(H2,22,26). The lowest BCUT2D eigenvalue weighted by molar-refractivity contribution is 0.100. The quantitative estimate of drug-likeness (QED) is 0.595. The molecule has 26 heavy (non-hydrogen) atoms. The van der Waals surface area contributed by atoms with E-state index in [1.54, 1.807) is 24.4 Å². The van der Waals surface area contributed by atoms with Gasteiger partial charge in [0.1, 0.15) is 12.1 Å². The molecule has 0 atom stereocenters. The fourth-order valence-electron chi connectivity index (χ4n) is 2.83. The van der Waals surface area contributed by atoms with Crippen LogP contribution in [0.5, 0.6) is 0 Å². The predicted molar refractivity (Wildman–Crippen MR) is 101 cm³/mol. The number of nitrogens with two attached hydrogens (primary N) is 2. The Labute approximate surface area is 149 Å². The number of hydrogen-bond acceptors (Lipinski definition) is 5. The first kappa shape index (κ1) is 15.7. The number of anilines is 1. The van der Waals surface area contributed by atoms with Crippen molar-refractivity contribution in [3.63, 3.8) is 0 Å². The Morgan fingerprint density at radius 3 is 2.23 bits per heavy atom. The molecule has 6 nitrogen and oxygen atoms in total. The number of rotatable bonds is 3. The number of benzene rings is 2. The lowest BCUT2D eigenvalue weighted by Gasteiger charge is -2.08. The number of pyridine rings is 1. The van der Waals surface area contributed by atoms with Gasteiger partial charge in [0.25, 0.3) is 0 Å². The molecule has 0 bridgehead atoms. The minimum atomic E-state index is -0.456. The Kier molecular flexibility index (Phi) is 3.78. The van der Waals surface area contributed by atoms with Gasteiger partial charge in [-0.05, 0) is 42.0 Å². The SMILES string of the molecule is NC(=O)c1ccc(-c2ncnc3ccc(-c4ccc(N)nc4)cc23)cc1. The lowest BCUT2D eigenvalue weighted by atomic mass is 10.0. The summed E-state index contributed by atoms with van der Waals surface area (Å²) in [4.78, 5) is 24.2. The van der Waals surface area contributed by atoms with Crippen molar-refractivity contribution in [1.29, 1.82) is 0 Å². The summed E-state index contributed by atoms with van der Waals surface area (Å²) in [5.74, 6) is 0.0235. The van der Waals surface area contributed by atoms with Crippen molar-refractivity contribution < 1.29 is 4.79 Å². The normalized spacial score (nSPS) is 10.8. The van der Waals surface area contributed by atoms with Gasteiger partial charge in [-0.15, -0.1) is 0 Å². The van der Waals surface area contributed by atoms with Crippen LogP contribution in [0.1, 0.15) is 10.4 Å². The molecule has 0 aliphatic heterocycles. The summed E-state index contributed by atoms with van der Waals surface area (Å²) < 4.78 is 0. The van der Waals surface area contributed by atoms with Crippen molar-refractivity contribution in [2.45, 2.75) is 0 Å². The van der Waals surface area contributed by atoms with Gasteiger partial charge in [-0.25, -0.2) is 15.0 Å².